The molecule has 0 fully saturated rings. The molecule has 0 aliphatic carbocycles. The molecule has 4 heteroatoms. The highest BCUT2D eigenvalue weighted by Gasteiger charge is 2.02. The lowest BCUT2D eigenvalue weighted by molar-refractivity contribution is 1.04. The molecule has 3 nitrogen and oxygen atoms in total. The number of hydrogen-bond donors (Lipinski definition) is 1. The summed E-state index contributed by atoms with van der Waals surface area (Å²) in [5, 5.41) is 7.79. The Hall–Kier alpha value is -1.09. The van der Waals surface area contributed by atoms with Crippen molar-refractivity contribution in [2.45, 2.75) is 5.88 Å². The van der Waals surface area contributed by atoms with E-state index in [1.165, 1.54) is 0 Å². The summed E-state index contributed by atoms with van der Waals surface area (Å²) in [6.07, 6.45) is 1.72. The largest absolute Gasteiger partial charge is 0.260 e. The second kappa shape index (κ2) is 2.51. The zero-order valence-corrected chi connectivity index (χ0v) is 6.47. The van der Waals surface area contributed by atoms with Gasteiger partial charge in [0.1, 0.15) is 0 Å². The maximum absolute atomic E-state index is 5.64. The zero-order valence-electron chi connectivity index (χ0n) is 5.71. The molecular weight excluding hydrogens is 162 g/mol. The topological polar surface area (TPSA) is 41.6 Å². The highest BCUT2D eigenvalue weighted by atomic mass is 35.5. The number of alkyl halides is 1. The molecule has 2 aromatic rings. The molecule has 0 aliphatic heterocycles. The van der Waals surface area contributed by atoms with Crippen LogP contribution in [0.4, 0.5) is 0 Å². The Kier molecular flexibility index (Phi) is 1.51. The van der Waals surface area contributed by atoms with E-state index in [9.17, 15) is 0 Å². The van der Waals surface area contributed by atoms with Gasteiger partial charge in [-0.2, -0.15) is 5.10 Å². The van der Waals surface area contributed by atoms with Crippen molar-refractivity contribution in [2.75, 3.05) is 0 Å². The molecule has 11 heavy (non-hydrogen) atoms. The minimum absolute atomic E-state index is 0.422. The number of H-pyrrole nitrogens is 1. The Labute approximate surface area is 68.4 Å². The third kappa shape index (κ3) is 0.973. The van der Waals surface area contributed by atoms with Crippen LogP contribution in [0.5, 0.6) is 0 Å². The van der Waals surface area contributed by atoms with E-state index in [0.717, 1.165) is 16.7 Å². The van der Waals surface area contributed by atoms with Crippen molar-refractivity contribution >= 4 is 22.6 Å². The van der Waals surface area contributed by atoms with E-state index in [2.05, 4.69) is 15.2 Å². The van der Waals surface area contributed by atoms with Gasteiger partial charge < -0.3 is 0 Å². The molecule has 0 unspecified atom stereocenters. The molecule has 0 aliphatic rings. The van der Waals surface area contributed by atoms with Gasteiger partial charge in [-0.15, -0.1) is 11.6 Å². The van der Waals surface area contributed by atoms with Gasteiger partial charge in [-0.05, 0) is 12.1 Å². The average Bonchev–Trinajstić information content (AvgIpc) is 2.47. The third-order valence-corrected chi connectivity index (χ3v) is 1.80. The fraction of sp³-hybridized carbons (Fsp3) is 0.143. The van der Waals surface area contributed by atoms with Crippen LogP contribution in [0.1, 0.15) is 5.69 Å². The number of nitrogens with zero attached hydrogens (tertiary/aromatic N) is 2. The van der Waals surface area contributed by atoms with Crippen molar-refractivity contribution in [3.8, 4) is 0 Å². The van der Waals surface area contributed by atoms with Crippen molar-refractivity contribution in [1.82, 2.24) is 15.2 Å². The molecule has 0 saturated heterocycles. The summed E-state index contributed by atoms with van der Waals surface area (Å²) in [4.78, 5) is 4.07. The number of pyridine rings is 1. The smallest absolute Gasteiger partial charge is 0.155 e. The number of fused-ring (bicyclic) bond motifs is 1. The van der Waals surface area contributed by atoms with Gasteiger partial charge in [0.25, 0.3) is 0 Å². The summed E-state index contributed by atoms with van der Waals surface area (Å²) in [5.41, 5.74) is 1.65. The van der Waals surface area contributed by atoms with Crippen LogP contribution in [0, 0.1) is 0 Å². The maximum atomic E-state index is 5.64. The molecule has 0 amide bonds. The van der Waals surface area contributed by atoms with Crippen molar-refractivity contribution < 1.29 is 0 Å². The minimum Gasteiger partial charge on any atom is -0.260 e. The van der Waals surface area contributed by atoms with Gasteiger partial charge in [-0.25, -0.2) is 4.98 Å². The van der Waals surface area contributed by atoms with Crippen LogP contribution < -0.4 is 0 Å². The normalized spacial score (nSPS) is 10.6. The van der Waals surface area contributed by atoms with Crippen LogP contribution >= 0.6 is 11.6 Å². The molecule has 0 saturated carbocycles. The van der Waals surface area contributed by atoms with Crippen LogP contribution in [0.15, 0.2) is 18.3 Å². The fourth-order valence-corrected chi connectivity index (χ4v) is 1.21. The van der Waals surface area contributed by atoms with E-state index in [1.807, 2.05) is 12.1 Å². The summed E-state index contributed by atoms with van der Waals surface area (Å²) in [5.74, 6) is 0.422. The quantitative estimate of drug-likeness (QED) is 0.657. The molecule has 2 aromatic heterocycles. The Morgan fingerprint density at radius 3 is 3.27 bits per heavy atom. The Bertz CT molecular complexity index is 368. The number of rotatable bonds is 1. The van der Waals surface area contributed by atoms with Crippen LogP contribution in [-0.4, -0.2) is 15.2 Å². The first-order valence-electron chi connectivity index (χ1n) is 3.26. The van der Waals surface area contributed by atoms with Crippen LogP contribution in [0.2, 0.25) is 0 Å². The highest BCUT2D eigenvalue weighted by molar-refractivity contribution is 6.17. The lowest BCUT2D eigenvalue weighted by Gasteiger charge is -1.86. The standard InChI is InChI=1S/C7H6ClN3/c8-4-6-5-2-1-3-9-7(5)11-10-6/h1-3H,4H2,(H,9,10,11). The number of halogens is 1. The molecule has 0 spiro atoms. The Balaban J connectivity index is 2.76. The monoisotopic (exact) mass is 167 g/mol. The summed E-state index contributed by atoms with van der Waals surface area (Å²) in [6, 6.07) is 3.82. The lowest BCUT2D eigenvalue weighted by atomic mass is 10.3. The van der Waals surface area contributed by atoms with E-state index in [-0.39, 0.29) is 0 Å². The number of nitrogens with one attached hydrogen (secondary N) is 1. The van der Waals surface area contributed by atoms with E-state index in [0.29, 0.717) is 5.88 Å². The van der Waals surface area contributed by atoms with E-state index >= 15 is 0 Å². The summed E-state index contributed by atoms with van der Waals surface area (Å²) >= 11 is 5.64. The van der Waals surface area contributed by atoms with Crippen LogP contribution in [0.3, 0.4) is 0 Å². The van der Waals surface area contributed by atoms with Gasteiger partial charge in [0.15, 0.2) is 5.65 Å². The van der Waals surface area contributed by atoms with Crippen molar-refractivity contribution in [2.24, 2.45) is 0 Å². The van der Waals surface area contributed by atoms with Gasteiger partial charge >= 0.3 is 0 Å². The second-order valence-electron chi connectivity index (χ2n) is 2.20. The van der Waals surface area contributed by atoms with Gasteiger partial charge in [0.2, 0.25) is 0 Å². The summed E-state index contributed by atoms with van der Waals surface area (Å²) < 4.78 is 0. The van der Waals surface area contributed by atoms with Gasteiger partial charge in [-0.1, -0.05) is 0 Å². The summed E-state index contributed by atoms with van der Waals surface area (Å²) in [7, 11) is 0. The van der Waals surface area contributed by atoms with Gasteiger partial charge in [0, 0.05) is 11.6 Å². The highest BCUT2D eigenvalue weighted by Crippen LogP contribution is 2.13. The minimum atomic E-state index is 0.422. The Morgan fingerprint density at radius 2 is 2.45 bits per heavy atom. The molecule has 1 N–H and O–H groups in total. The molecule has 0 aromatic carbocycles. The lowest BCUT2D eigenvalue weighted by Crippen LogP contribution is -1.76. The zero-order chi connectivity index (χ0) is 7.68. The molecule has 0 radical (unpaired) electrons. The Morgan fingerprint density at radius 1 is 1.55 bits per heavy atom. The van der Waals surface area contributed by atoms with Gasteiger partial charge in [-0.3, -0.25) is 5.10 Å². The third-order valence-electron chi connectivity index (χ3n) is 1.54. The predicted octanol–water partition coefficient (Wildman–Crippen LogP) is 1.70. The molecule has 0 atom stereocenters. The first kappa shape index (κ1) is 6.61. The van der Waals surface area contributed by atoms with Crippen molar-refractivity contribution in [3.63, 3.8) is 0 Å². The second-order valence-corrected chi connectivity index (χ2v) is 2.47. The van der Waals surface area contributed by atoms with E-state index < -0.39 is 0 Å². The van der Waals surface area contributed by atoms with E-state index in [1.54, 1.807) is 6.20 Å². The number of aromatic nitrogens is 3. The van der Waals surface area contributed by atoms with E-state index in [4.69, 9.17) is 11.6 Å². The maximum Gasteiger partial charge on any atom is 0.155 e. The van der Waals surface area contributed by atoms with Crippen molar-refractivity contribution in [3.05, 3.63) is 24.0 Å². The average molecular weight is 168 g/mol. The summed E-state index contributed by atoms with van der Waals surface area (Å²) in [6.45, 7) is 0. The van der Waals surface area contributed by atoms with Gasteiger partial charge in [0.05, 0.1) is 11.6 Å². The predicted molar refractivity (Wildman–Crippen MR) is 43.4 cm³/mol. The molecular formula is C7H6ClN3. The number of aromatic amines is 1. The fourth-order valence-electron chi connectivity index (χ4n) is 1.01. The molecule has 2 heterocycles. The van der Waals surface area contributed by atoms with Crippen LogP contribution in [-0.2, 0) is 5.88 Å². The first-order valence-corrected chi connectivity index (χ1v) is 3.79. The number of hydrogen-bond acceptors (Lipinski definition) is 2. The van der Waals surface area contributed by atoms with Crippen LogP contribution in [0.25, 0.3) is 11.0 Å². The van der Waals surface area contributed by atoms with Crippen molar-refractivity contribution in [1.29, 1.82) is 0 Å². The SMILES string of the molecule is ClCc1n[nH]c2ncccc12. The molecule has 0 bridgehead atoms. The molecule has 56 valence electrons. The first-order chi connectivity index (χ1) is 5.42. The molecule has 2 rings (SSSR count).